The number of carboxylic acids is 1. The summed E-state index contributed by atoms with van der Waals surface area (Å²) in [6, 6.07) is 4.83. The van der Waals surface area contributed by atoms with E-state index in [1.807, 2.05) is 11.8 Å². The van der Waals surface area contributed by atoms with Crippen LogP contribution in [0.2, 0.25) is 0 Å². The number of hydrogen-bond donors (Lipinski definition) is 1. The van der Waals surface area contributed by atoms with Crippen molar-refractivity contribution in [2.24, 2.45) is 5.92 Å². The van der Waals surface area contributed by atoms with E-state index in [1.54, 1.807) is 12.1 Å². The van der Waals surface area contributed by atoms with Crippen LogP contribution in [0.3, 0.4) is 0 Å². The lowest BCUT2D eigenvalue weighted by molar-refractivity contribution is -0.385. The molecule has 2 atom stereocenters. The molecule has 0 amide bonds. The Hall–Kier alpha value is -1.47. The van der Waals surface area contributed by atoms with Crippen LogP contribution in [-0.4, -0.2) is 33.5 Å². The van der Waals surface area contributed by atoms with Crippen LogP contribution in [0.1, 0.15) is 18.9 Å². The second-order valence-electron chi connectivity index (χ2n) is 4.97. The van der Waals surface area contributed by atoms with E-state index in [1.165, 1.54) is 6.07 Å². The van der Waals surface area contributed by atoms with E-state index in [2.05, 4.69) is 15.9 Å². The first-order valence-corrected chi connectivity index (χ1v) is 7.09. The molecule has 1 aromatic rings. The van der Waals surface area contributed by atoms with E-state index in [0.717, 1.165) is 0 Å². The fourth-order valence-electron chi connectivity index (χ4n) is 2.62. The normalized spacial score (nSPS) is 22.9. The molecular formula is C13H15BrN2O4. The van der Waals surface area contributed by atoms with Crippen molar-refractivity contribution in [2.75, 3.05) is 6.54 Å². The number of nitrogens with zero attached hydrogens (tertiary/aromatic N) is 2. The van der Waals surface area contributed by atoms with Crippen LogP contribution in [-0.2, 0) is 11.3 Å². The number of likely N-dealkylation sites (tertiary alicyclic amines) is 1. The number of nitro groups is 1. The quantitative estimate of drug-likeness (QED) is 0.671. The zero-order chi connectivity index (χ0) is 14.9. The first-order valence-electron chi connectivity index (χ1n) is 6.30. The maximum Gasteiger partial charge on any atom is 0.308 e. The fourth-order valence-corrected chi connectivity index (χ4v) is 2.97. The third kappa shape index (κ3) is 2.99. The number of carboxylic acid groups (broad SMARTS) is 1. The summed E-state index contributed by atoms with van der Waals surface area (Å²) >= 11 is 3.22. The number of carbonyl (C=O) groups is 1. The molecular weight excluding hydrogens is 328 g/mol. The molecule has 7 heteroatoms. The van der Waals surface area contributed by atoms with Gasteiger partial charge in [-0.3, -0.25) is 19.8 Å². The van der Waals surface area contributed by atoms with Crippen molar-refractivity contribution in [3.05, 3.63) is 38.3 Å². The fraction of sp³-hybridized carbons (Fsp3) is 0.462. The Labute approximate surface area is 124 Å². The van der Waals surface area contributed by atoms with Crippen LogP contribution in [0, 0.1) is 16.0 Å². The minimum absolute atomic E-state index is 0.0605. The molecule has 1 aromatic carbocycles. The third-order valence-corrected chi connectivity index (χ3v) is 4.31. The van der Waals surface area contributed by atoms with Gasteiger partial charge in [0, 0.05) is 28.7 Å². The predicted molar refractivity (Wildman–Crippen MR) is 76.4 cm³/mol. The Balaban J connectivity index is 2.19. The van der Waals surface area contributed by atoms with Gasteiger partial charge in [0.1, 0.15) is 0 Å². The van der Waals surface area contributed by atoms with Crippen LogP contribution in [0.5, 0.6) is 0 Å². The molecule has 6 nitrogen and oxygen atoms in total. The van der Waals surface area contributed by atoms with Gasteiger partial charge in [-0.25, -0.2) is 0 Å². The lowest BCUT2D eigenvalue weighted by atomic mass is 10.0. The summed E-state index contributed by atoms with van der Waals surface area (Å²) in [6.07, 6.45) is 0.584. The Bertz CT molecular complexity index is 549. The van der Waals surface area contributed by atoms with E-state index in [0.29, 0.717) is 29.5 Å². The minimum atomic E-state index is -0.801. The van der Waals surface area contributed by atoms with Crippen LogP contribution in [0.4, 0.5) is 5.69 Å². The van der Waals surface area contributed by atoms with Gasteiger partial charge in [-0.15, -0.1) is 0 Å². The molecule has 1 aliphatic heterocycles. The van der Waals surface area contributed by atoms with Gasteiger partial charge in [-0.1, -0.05) is 15.9 Å². The average Bonchev–Trinajstić information content (AvgIpc) is 2.73. The highest BCUT2D eigenvalue weighted by Gasteiger charge is 2.36. The van der Waals surface area contributed by atoms with Crippen molar-refractivity contribution < 1.29 is 14.8 Å². The molecule has 0 radical (unpaired) electrons. The molecule has 2 rings (SSSR count). The highest BCUT2D eigenvalue weighted by atomic mass is 79.9. The van der Waals surface area contributed by atoms with Crippen LogP contribution in [0.25, 0.3) is 0 Å². The standard InChI is InChI=1S/C13H15BrN2O4/c1-8-11(13(17)18)4-5-15(8)7-9-2-3-10(14)6-12(9)16(19)20/h2-3,6,8,11H,4-5,7H2,1H3,(H,17,18). The summed E-state index contributed by atoms with van der Waals surface area (Å²) in [5, 5.41) is 20.2. The second kappa shape index (κ2) is 5.88. The molecule has 1 fully saturated rings. The molecule has 2 unspecified atom stereocenters. The van der Waals surface area contributed by atoms with Gasteiger partial charge >= 0.3 is 5.97 Å². The molecule has 20 heavy (non-hydrogen) atoms. The average molecular weight is 343 g/mol. The van der Waals surface area contributed by atoms with Gasteiger partial charge in [-0.05, 0) is 32.0 Å². The first kappa shape index (κ1) is 14.9. The molecule has 1 N–H and O–H groups in total. The van der Waals surface area contributed by atoms with Crippen molar-refractivity contribution >= 4 is 27.6 Å². The zero-order valence-corrected chi connectivity index (χ0v) is 12.5. The number of rotatable bonds is 4. The maximum atomic E-state index is 11.1. The number of aliphatic carboxylic acids is 1. The van der Waals surface area contributed by atoms with Crippen molar-refractivity contribution in [2.45, 2.75) is 25.9 Å². The van der Waals surface area contributed by atoms with Gasteiger partial charge in [0.05, 0.1) is 10.8 Å². The summed E-state index contributed by atoms with van der Waals surface area (Å²) in [4.78, 5) is 23.7. The van der Waals surface area contributed by atoms with Crippen molar-refractivity contribution in [3.63, 3.8) is 0 Å². The van der Waals surface area contributed by atoms with Crippen molar-refractivity contribution in [1.29, 1.82) is 0 Å². The second-order valence-corrected chi connectivity index (χ2v) is 5.89. The van der Waals surface area contributed by atoms with Gasteiger partial charge in [-0.2, -0.15) is 0 Å². The van der Waals surface area contributed by atoms with Crippen molar-refractivity contribution in [1.82, 2.24) is 4.90 Å². The minimum Gasteiger partial charge on any atom is -0.481 e. The molecule has 1 saturated heterocycles. The Morgan fingerprint density at radius 2 is 2.30 bits per heavy atom. The largest absolute Gasteiger partial charge is 0.481 e. The van der Waals surface area contributed by atoms with Crippen LogP contribution in [0.15, 0.2) is 22.7 Å². The lowest BCUT2D eigenvalue weighted by Gasteiger charge is -2.22. The Kier molecular flexibility index (Phi) is 4.39. The summed E-state index contributed by atoms with van der Waals surface area (Å²) < 4.78 is 0.658. The van der Waals surface area contributed by atoms with E-state index in [4.69, 9.17) is 5.11 Å². The van der Waals surface area contributed by atoms with Crippen LogP contribution >= 0.6 is 15.9 Å². The van der Waals surface area contributed by atoms with E-state index in [9.17, 15) is 14.9 Å². The van der Waals surface area contributed by atoms with E-state index < -0.39 is 16.8 Å². The summed E-state index contributed by atoms with van der Waals surface area (Å²) in [7, 11) is 0. The number of halogens is 1. The molecule has 0 bridgehead atoms. The van der Waals surface area contributed by atoms with Crippen LogP contribution < -0.4 is 0 Å². The number of benzene rings is 1. The molecule has 1 heterocycles. The van der Waals surface area contributed by atoms with E-state index in [-0.39, 0.29) is 11.7 Å². The van der Waals surface area contributed by atoms with Crippen molar-refractivity contribution in [3.8, 4) is 0 Å². The molecule has 1 aliphatic rings. The van der Waals surface area contributed by atoms with Gasteiger partial charge in [0.15, 0.2) is 0 Å². The van der Waals surface area contributed by atoms with Gasteiger partial charge in [0.25, 0.3) is 5.69 Å². The summed E-state index contributed by atoms with van der Waals surface area (Å²) in [6.45, 7) is 2.90. The number of hydrogen-bond acceptors (Lipinski definition) is 4. The molecule has 0 aliphatic carbocycles. The maximum absolute atomic E-state index is 11.1. The third-order valence-electron chi connectivity index (χ3n) is 3.82. The monoisotopic (exact) mass is 342 g/mol. The first-order chi connectivity index (χ1) is 9.40. The van der Waals surface area contributed by atoms with E-state index >= 15 is 0 Å². The molecule has 0 aromatic heterocycles. The summed E-state index contributed by atoms with van der Waals surface area (Å²) in [5.74, 6) is -1.20. The topological polar surface area (TPSA) is 83.7 Å². The molecule has 0 spiro atoms. The highest BCUT2D eigenvalue weighted by molar-refractivity contribution is 9.10. The smallest absolute Gasteiger partial charge is 0.308 e. The number of nitro benzene ring substituents is 1. The SMILES string of the molecule is CC1C(C(=O)O)CCN1Cc1ccc(Br)cc1[N+](=O)[O-]. The summed E-state index contributed by atoms with van der Waals surface area (Å²) in [5.41, 5.74) is 0.668. The Morgan fingerprint density at radius 1 is 1.60 bits per heavy atom. The van der Waals surface area contributed by atoms with Gasteiger partial charge < -0.3 is 5.11 Å². The predicted octanol–water partition coefficient (Wildman–Crippen LogP) is 2.65. The van der Waals surface area contributed by atoms with Gasteiger partial charge in [0.2, 0.25) is 0 Å². The lowest BCUT2D eigenvalue weighted by Crippen LogP contribution is -2.32. The Morgan fingerprint density at radius 3 is 2.85 bits per heavy atom. The molecule has 0 saturated carbocycles. The zero-order valence-electron chi connectivity index (χ0n) is 11.0. The highest BCUT2D eigenvalue weighted by Crippen LogP contribution is 2.30. The molecule has 108 valence electrons.